The van der Waals surface area contributed by atoms with E-state index in [1.165, 1.54) is 0 Å². The minimum absolute atomic E-state index is 0.347. The summed E-state index contributed by atoms with van der Waals surface area (Å²) < 4.78 is 5.30. The fourth-order valence-electron chi connectivity index (χ4n) is 2.49. The number of halogens is 2. The molecule has 2 rings (SSSR count). The van der Waals surface area contributed by atoms with Gasteiger partial charge in [0, 0.05) is 36.9 Å². The normalized spacial score (nSPS) is 17.5. The van der Waals surface area contributed by atoms with E-state index in [2.05, 4.69) is 0 Å². The molecule has 116 valence electrons. The van der Waals surface area contributed by atoms with Gasteiger partial charge in [-0.1, -0.05) is 23.2 Å². The summed E-state index contributed by atoms with van der Waals surface area (Å²) in [6.45, 7) is 2.09. The third kappa shape index (κ3) is 4.58. The molecule has 0 spiro atoms. The minimum Gasteiger partial charge on any atom is -0.381 e. The summed E-state index contributed by atoms with van der Waals surface area (Å²) in [6.07, 6.45) is 0.638. The zero-order valence-electron chi connectivity index (χ0n) is 11.9. The van der Waals surface area contributed by atoms with Crippen molar-refractivity contribution < 1.29 is 14.6 Å². The number of carbonyl (C=O) groups is 1. The first-order valence-electron chi connectivity index (χ1n) is 6.94. The molecule has 1 N–H and O–H groups in total. The van der Waals surface area contributed by atoms with Crippen LogP contribution in [-0.2, 0) is 9.53 Å². The standard InChI is InChI=1S/C15H19Cl2NO3/c1-18(9-10-2-4-21-5-3-10)15(20)14(19)11-6-12(16)8-13(17)7-11/h6-8,10,14,19H,2-5,9H2,1H3. The van der Waals surface area contributed by atoms with E-state index in [1.54, 1.807) is 30.1 Å². The van der Waals surface area contributed by atoms with E-state index in [-0.39, 0.29) is 5.91 Å². The molecule has 0 aliphatic carbocycles. The lowest BCUT2D eigenvalue weighted by Gasteiger charge is -2.28. The number of hydrogen-bond acceptors (Lipinski definition) is 3. The molecule has 1 atom stereocenters. The third-order valence-corrected chi connectivity index (χ3v) is 4.12. The monoisotopic (exact) mass is 331 g/mol. The Labute approximate surface area is 134 Å². The van der Waals surface area contributed by atoms with Crippen LogP contribution in [0.2, 0.25) is 10.0 Å². The smallest absolute Gasteiger partial charge is 0.255 e. The Morgan fingerprint density at radius 3 is 2.48 bits per heavy atom. The van der Waals surface area contributed by atoms with Crippen molar-refractivity contribution in [1.82, 2.24) is 4.90 Å². The van der Waals surface area contributed by atoms with Crippen LogP contribution < -0.4 is 0 Å². The van der Waals surface area contributed by atoms with Crippen LogP contribution in [-0.4, -0.2) is 42.7 Å². The molecule has 1 heterocycles. The zero-order chi connectivity index (χ0) is 15.4. The van der Waals surface area contributed by atoms with Gasteiger partial charge in [0.1, 0.15) is 0 Å². The number of ether oxygens (including phenoxy) is 1. The van der Waals surface area contributed by atoms with Crippen molar-refractivity contribution in [3.8, 4) is 0 Å². The van der Waals surface area contributed by atoms with Gasteiger partial charge < -0.3 is 14.7 Å². The average Bonchev–Trinajstić information content (AvgIpc) is 2.45. The molecular formula is C15H19Cl2NO3. The lowest BCUT2D eigenvalue weighted by atomic mass is 9.99. The van der Waals surface area contributed by atoms with Crippen LogP contribution in [0.25, 0.3) is 0 Å². The van der Waals surface area contributed by atoms with Crippen LogP contribution in [0.1, 0.15) is 24.5 Å². The van der Waals surface area contributed by atoms with Crippen molar-refractivity contribution >= 4 is 29.1 Å². The average molecular weight is 332 g/mol. The Balaban J connectivity index is 2.00. The van der Waals surface area contributed by atoms with Crippen molar-refractivity contribution in [2.24, 2.45) is 5.92 Å². The first-order chi connectivity index (χ1) is 9.97. The Hall–Kier alpha value is -0.810. The highest BCUT2D eigenvalue weighted by Crippen LogP contribution is 2.25. The Kier molecular flexibility index (Phi) is 5.88. The molecule has 0 bridgehead atoms. The molecule has 1 aliphatic heterocycles. The van der Waals surface area contributed by atoms with Crippen LogP contribution in [0.3, 0.4) is 0 Å². The molecular weight excluding hydrogens is 313 g/mol. The highest BCUT2D eigenvalue weighted by Gasteiger charge is 2.25. The van der Waals surface area contributed by atoms with Gasteiger partial charge in [-0.3, -0.25) is 4.79 Å². The molecule has 0 radical (unpaired) electrons. The van der Waals surface area contributed by atoms with Gasteiger partial charge in [0.25, 0.3) is 5.91 Å². The van der Waals surface area contributed by atoms with Crippen molar-refractivity contribution in [2.75, 3.05) is 26.8 Å². The maximum Gasteiger partial charge on any atom is 0.255 e. The second kappa shape index (κ2) is 7.45. The van der Waals surface area contributed by atoms with Crippen LogP contribution in [0.15, 0.2) is 18.2 Å². The number of aliphatic hydroxyl groups excluding tert-OH is 1. The lowest BCUT2D eigenvalue weighted by Crippen LogP contribution is -2.37. The Morgan fingerprint density at radius 1 is 1.33 bits per heavy atom. The SMILES string of the molecule is CN(CC1CCOCC1)C(=O)C(O)c1cc(Cl)cc(Cl)c1. The molecule has 6 heteroatoms. The lowest BCUT2D eigenvalue weighted by molar-refractivity contribution is -0.140. The number of aliphatic hydroxyl groups is 1. The highest BCUT2D eigenvalue weighted by molar-refractivity contribution is 6.34. The quantitative estimate of drug-likeness (QED) is 0.922. The molecule has 1 aliphatic rings. The first-order valence-corrected chi connectivity index (χ1v) is 7.69. The topological polar surface area (TPSA) is 49.8 Å². The van der Waals surface area contributed by atoms with Gasteiger partial charge in [0.15, 0.2) is 6.10 Å². The van der Waals surface area contributed by atoms with E-state index in [0.29, 0.717) is 28.1 Å². The number of benzene rings is 1. The molecule has 4 nitrogen and oxygen atoms in total. The molecule has 0 saturated carbocycles. The number of likely N-dealkylation sites (N-methyl/N-ethyl adjacent to an activating group) is 1. The number of carbonyl (C=O) groups excluding carboxylic acids is 1. The van der Waals surface area contributed by atoms with Gasteiger partial charge in [-0.15, -0.1) is 0 Å². The number of hydrogen-bond donors (Lipinski definition) is 1. The van der Waals surface area contributed by atoms with Crippen molar-refractivity contribution in [2.45, 2.75) is 18.9 Å². The summed E-state index contributed by atoms with van der Waals surface area (Å²) >= 11 is 11.8. The van der Waals surface area contributed by atoms with Gasteiger partial charge in [-0.25, -0.2) is 0 Å². The predicted octanol–water partition coefficient (Wildman–Crippen LogP) is 2.91. The summed E-state index contributed by atoms with van der Waals surface area (Å²) in [7, 11) is 1.70. The second-order valence-corrected chi connectivity index (χ2v) is 6.25. The molecule has 1 fully saturated rings. The van der Waals surface area contributed by atoms with Crippen LogP contribution in [0, 0.1) is 5.92 Å². The first kappa shape index (κ1) is 16.6. The maximum atomic E-state index is 12.3. The zero-order valence-corrected chi connectivity index (χ0v) is 13.4. The fraction of sp³-hybridized carbons (Fsp3) is 0.533. The van der Waals surface area contributed by atoms with Gasteiger partial charge in [-0.2, -0.15) is 0 Å². The predicted molar refractivity (Wildman–Crippen MR) is 82.6 cm³/mol. The van der Waals surface area contributed by atoms with Crippen molar-refractivity contribution in [1.29, 1.82) is 0 Å². The van der Waals surface area contributed by atoms with Crippen LogP contribution in [0.5, 0.6) is 0 Å². The van der Waals surface area contributed by atoms with Gasteiger partial charge in [0.2, 0.25) is 0 Å². The molecule has 1 aromatic rings. The Bertz CT molecular complexity index is 483. The van der Waals surface area contributed by atoms with Gasteiger partial charge >= 0.3 is 0 Å². The van der Waals surface area contributed by atoms with E-state index in [0.717, 1.165) is 26.1 Å². The highest BCUT2D eigenvalue weighted by atomic mass is 35.5. The van der Waals surface area contributed by atoms with Crippen LogP contribution in [0.4, 0.5) is 0 Å². The Morgan fingerprint density at radius 2 is 1.90 bits per heavy atom. The van der Waals surface area contributed by atoms with E-state index in [1.807, 2.05) is 0 Å². The van der Waals surface area contributed by atoms with Gasteiger partial charge in [0.05, 0.1) is 0 Å². The summed E-state index contributed by atoms with van der Waals surface area (Å²) in [4.78, 5) is 13.9. The largest absolute Gasteiger partial charge is 0.381 e. The van der Waals surface area contributed by atoms with E-state index in [4.69, 9.17) is 27.9 Å². The number of amides is 1. The number of rotatable bonds is 4. The summed E-state index contributed by atoms with van der Waals surface area (Å²) in [5.41, 5.74) is 0.413. The summed E-state index contributed by atoms with van der Waals surface area (Å²) in [5.74, 6) is 0.0719. The second-order valence-electron chi connectivity index (χ2n) is 5.38. The fourth-order valence-corrected chi connectivity index (χ4v) is 3.03. The summed E-state index contributed by atoms with van der Waals surface area (Å²) in [6, 6.07) is 4.67. The molecule has 1 aromatic carbocycles. The molecule has 21 heavy (non-hydrogen) atoms. The summed E-state index contributed by atoms with van der Waals surface area (Å²) in [5, 5.41) is 11.0. The molecule has 1 unspecified atom stereocenters. The molecule has 1 amide bonds. The molecule has 1 saturated heterocycles. The maximum absolute atomic E-state index is 12.3. The minimum atomic E-state index is -1.24. The molecule has 0 aromatic heterocycles. The van der Waals surface area contributed by atoms with Crippen molar-refractivity contribution in [3.63, 3.8) is 0 Å². The third-order valence-electron chi connectivity index (χ3n) is 3.68. The van der Waals surface area contributed by atoms with Crippen molar-refractivity contribution in [3.05, 3.63) is 33.8 Å². The number of nitrogens with zero attached hydrogens (tertiary/aromatic N) is 1. The van der Waals surface area contributed by atoms with E-state index in [9.17, 15) is 9.90 Å². The van der Waals surface area contributed by atoms with E-state index < -0.39 is 6.10 Å². The van der Waals surface area contributed by atoms with Gasteiger partial charge in [-0.05, 0) is 42.5 Å². The van der Waals surface area contributed by atoms with Crippen LogP contribution >= 0.6 is 23.2 Å². The van der Waals surface area contributed by atoms with E-state index >= 15 is 0 Å².